The van der Waals surface area contributed by atoms with Crippen molar-refractivity contribution >= 4 is 39.5 Å². The molecule has 2 N–H and O–H groups in total. The highest BCUT2D eigenvalue weighted by atomic mass is 79.9. The number of furan rings is 1. The van der Waals surface area contributed by atoms with Gasteiger partial charge in [-0.2, -0.15) is 0 Å². The molecule has 0 saturated heterocycles. The molecule has 0 unspecified atom stereocenters. The van der Waals surface area contributed by atoms with Crippen molar-refractivity contribution in [3.63, 3.8) is 0 Å². The van der Waals surface area contributed by atoms with E-state index in [1.54, 1.807) is 24.3 Å². The summed E-state index contributed by atoms with van der Waals surface area (Å²) < 4.78 is 5.95. The third-order valence-electron chi connectivity index (χ3n) is 3.43. The first-order valence-corrected chi connectivity index (χ1v) is 8.59. The van der Waals surface area contributed by atoms with Gasteiger partial charge in [-0.15, -0.1) is 0 Å². The van der Waals surface area contributed by atoms with E-state index in [0.717, 1.165) is 10.0 Å². The number of benzene rings is 2. The smallest absolute Gasteiger partial charge is 0.291 e. The number of hydrogen-bond donors (Lipinski definition) is 2. The fraction of sp³-hybridized carbons (Fsp3) is 0. The summed E-state index contributed by atoms with van der Waals surface area (Å²) in [6.45, 7) is 0. The van der Waals surface area contributed by atoms with Gasteiger partial charge in [0.15, 0.2) is 5.76 Å². The molecule has 26 heavy (non-hydrogen) atoms. The van der Waals surface area contributed by atoms with E-state index >= 15 is 0 Å². The zero-order chi connectivity index (χ0) is 18.4. The van der Waals surface area contributed by atoms with Crippen LogP contribution in [0.4, 0.5) is 5.69 Å². The molecule has 2 aromatic carbocycles. The number of para-hydroxylation sites is 1. The Morgan fingerprint density at radius 1 is 0.962 bits per heavy atom. The van der Waals surface area contributed by atoms with Crippen LogP contribution in [0.1, 0.15) is 16.1 Å². The molecule has 3 rings (SSSR count). The number of carbonyl (C=O) groups excluding carboxylic acids is 2. The van der Waals surface area contributed by atoms with Gasteiger partial charge in [0.05, 0.1) is 6.26 Å². The molecule has 0 aliphatic carbocycles. The summed E-state index contributed by atoms with van der Waals surface area (Å²) in [6, 6.07) is 19.5. The summed E-state index contributed by atoms with van der Waals surface area (Å²) in [6.07, 6.45) is 3.00. The molecule has 1 aromatic heterocycles. The van der Waals surface area contributed by atoms with Crippen LogP contribution in [0.15, 0.2) is 87.6 Å². The monoisotopic (exact) mass is 410 g/mol. The van der Waals surface area contributed by atoms with Crippen LogP contribution in [-0.4, -0.2) is 11.8 Å². The fourth-order valence-corrected chi connectivity index (χ4v) is 2.65. The Morgan fingerprint density at radius 3 is 2.46 bits per heavy atom. The van der Waals surface area contributed by atoms with Gasteiger partial charge in [0, 0.05) is 10.2 Å². The standard InChI is InChI=1S/C20H15BrN2O3/c21-15-7-4-6-14(12-15)13-17(23-20(25)18-10-5-11-26-18)19(24)22-16-8-2-1-3-9-16/h1-13H,(H,22,24)(H,23,25)/b17-13-. The maximum Gasteiger partial charge on any atom is 0.291 e. The van der Waals surface area contributed by atoms with Gasteiger partial charge in [-0.3, -0.25) is 9.59 Å². The van der Waals surface area contributed by atoms with Crippen molar-refractivity contribution in [1.29, 1.82) is 0 Å². The molecule has 3 aromatic rings. The zero-order valence-electron chi connectivity index (χ0n) is 13.6. The fourth-order valence-electron chi connectivity index (χ4n) is 2.23. The molecule has 0 spiro atoms. The first kappa shape index (κ1) is 17.7. The Morgan fingerprint density at radius 2 is 1.77 bits per heavy atom. The van der Waals surface area contributed by atoms with Crippen LogP contribution >= 0.6 is 15.9 Å². The van der Waals surface area contributed by atoms with E-state index in [0.29, 0.717) is 5.69 Å². The molecule has 0 aliphatic heterocycles. The minimum atomic E-state index is -0.501. The molecular weight excluding hydrogens is 396 g/mol. The molecule has 0 fully saturated rings. The Labute approximate surface area is 158 Å². The highest BCUT2D eigenvalue weighted by Crippen LogP contribution is 2.15. The molecule has 0 bridgehead atoms. The average molecular weight is 411 g/mol. The number of nitrogens with one attached hydrogen (secondary N) is 2. The van der Waals surface area contributed by atoms with Crippen LogP contribution < -0.4 is 10.6 Å². The van der Waals surface area contributed by atoms with Crippen molar-refractivity contribution in [3.05, 3.63) is 94.5 Å². The molecule has 0 radical (unpaired) electrons. The van der Waals surface area contributed by atoms with Gasteiger partial charge in [-0.05, 0) is 48.0 Å². The first-order valence-electron chi connectivity index (χ1n) is 7.80. The lowest BCUT2D eigenvalue weighted by Crippen LogP contribution is -2.30. The van der Waals surface area contributed by atoms with E-state index in [1.807, 2.05) is 42.5 Å². The van der Waals surface area contributed by atoms with Crippen LogP contribution in [0.3, 0.4) is 0 Å². The largest absolute Gasteiger partial charge is 0.459 e. The minimum Gasteiger partial charge on any atom is -0.459 e. The van der Waals surface area contributed by atoms with Gasteiger partial charge in [0.2, 0.25) is 0 Å². The second-order valence-electron chi connectivity index (χ2n) is 5.36. The van der Waals surface area contributed by atoms with Gasteiger partial charge in [0.25, 0.3) is 11.8 Å². The van der Waals surface area contributed by atoms with Crippen LogP contribution in [0.25, 0.3) is 6.08 Å². The molecule has 2 amide bonds. The van der Waals surface area contributed by atoms with Crippen LogP contribution in [0.2, 0.25) is 0 Å². The Balaban J connectivity index is 1.87. The SMILES string of the molecule is O=C(Nc1ccccc1)/C(=C/c1cccc(Br)c1)NC(=O)c1ccco1. The zero-order valence-corrected chi connectivity index (χ0v) is 15.2. The van der Waals surface area contributed by atoms with Crippen LogP contribution in [-0.2, 0) is 4.79 Å². The maximum absolute atomic E-state index is 12.7. The molecule has 0 aliphatic rings. The van der Waals surface area contributed by atoms with Crippen molar-refractivity contribution in [2.45, 2.75) is 0 Å². The summed E-state index contributed by atoms with van der Waals surface area (Å²) in [5.41, 5.74) is 1.50. The van der Waals surface area contributed by atoms with Crippen LogP contribution in [0, 0.1) is 0 Å². The number of carbonyl (C=O) groups is 2. The lowest BCUT2D eigenvalue weighted by Gasteiger charge is -2.10. The highest BCUT2D eigenvalue weighted by molar-refractivity contribution is 9.10. The van der Waals surface area contributed by atoms with Gasteiger partial charge in [-0.25, -0.2) is 0 Å². The van der Waals surface area contributed by atoms with E-state index < -0.39 is 11.8 Å². The molecule has 6 heteroatoms. The molecule has 1 heterocycles. The number of anilines is 1. The lowest BCUT2D eigenvalue weighted by atomic mass is 10.2. The molecule has 0 atom stereocenters. The topological polar surface area (TPSA) is 71.3 Å². The van der Waals surface area contributed by atoms with E-state index in [9.17, 15) is 9.59 Å². The normalized spacial score (nSPS) is 11.0. The molecule has 5 nitrogen and oxygen atoms in total. The van der Waals surface area contributed by atoms with Crippen molar-refractivity contribution in [2.24, 2.45) is 0 Å². The minimum absolute atomic E-state index is 0.105. The highest BCUT2D eigenvalue weighted by Gasteiger charge is 2.16. The number of rotatable bonds is 5. The summed E-state index contributed by atoms with van der Waals surface area (Å²) in [7, 11) is 0. The molecule has 130 valence electrons. The summed E-state index contributed by atoms with van der Waals surface area (Å²) in [5, 5.41) is 5.37. The summed E-state index contributed by atoms with van der Waals surface area (Å²) >= 11 is 3.39. The van der Waals surface area contributed by atoms with Crippen molar-refractivity contribution in [2.75, 3.05) is 5.32 Å². The van der Waals surface area contributed by atoms with E-state index in [-0.39, 0.29) is 11.5 Å². The van der Waals surface area contributed by atoms with Gasteiger partial charge < -0.3 is 15.1 Å². The van der Waals surface area contributed by atoms with Crippen molar-refractivity contribution < 1.29 is 14.0 Å². The quantitative estimate of drug-likeness (QED) is 0.610. The predicted molar refractivity (Wildman–Crippen MR) is 103 cm³/mol. The van der Waals surface area contributed by atoms with E-state index in [1.165, 1.54) is 12.3 Å². The second-order valence-corrected chi connectivity index (χ2v) is 6.28. The summed E-state index contributed by atoms with van der Waals surface area (Å²) in [4.78, 5) is 25.0. The van der Waals surface area contributed by atoms with E-state index in [2.05, 4.69) is 26.6 Å². The second kappa shape index (κ2) is 8.31. The van der Waals surface area contributed by atoms with E-state index in [4.69, 9.17) is 4.42 Å². The number of amides is 2. The lowest BCUT2D eigenvalue weighted by molar-refractivity contribution is -0.113. The average Bonchev–Trinajstić information content (AvgIpc) is 3.17. The third-order valence-corrected chi connectivity index (χ3v) is 3.92. The van der Waals surface area contributed by atoms with Crippen molar-refractivity contribution in [3.8, 4) is 0 Å². The van der Waals surface area contributed by atoms with Gasteiger partial charge >= 0.3 is 0 Å². The Hall–Kier alpha value is -3.12. The predicted octanol–water partition coefficient (Wildman–Crippen LogP) is 4.45. The number of hydrogen-bond acceptors (Lipinski definition) is 3. The third kappa shape index (κ3) is 4.70. The molecular formula is C20H15BrN2O3. The summed E-state index contributed by atoms with van der Waals surface area (Å²) in [5.74, 6) is -0.812. The van der Waals surface area contributed by atoms with Crippen LogP contribution in [0.5, 0.6) is 0 Å². The van der Waals surface area contributed by atoms with Crippen molar-refractivity contribution in [1.82, 2.24) is 5.32 Å². The molecule has 0 saturated carbocycles. The van der Waals surface area contributed by atoms with Gasteiger partial charge in [-0.1, -0.05) is 46.3 Å². The number of halogens is 1. The maximum atomic E-state index is 12.7. The van der Waals surface area contributed by atoms with Gasteiger partial charge in [0.1, 0.15) is 5.70 Å². The first-order chi connectivity index (χ1) is 12.6. The Bertz CT molecular complexity index is 935. The Kier molecular flexibility index (Phi) is 5.66.